The van der Waals surface area contributed by atoms with Crippen LogP contribution in [0.1, 0.15) is 11.4 Å². The van der Waals surface area contributed by atoms with Crippen molar-refractivity contribution in [2.24, 2.45) is 0 Å². The van der Waals surface area contributed by atoms with Crippen molar-refractivity contribution in [2.75, 3.05) is 5.88 Å². The van der Waals surface area contributed by atoms with Crippen molar-refractivity contribution in [2.45, 2.75) is 12.8 Å². The number of halogens is 2. The van der Waals surface area contributed by atoms with Crippen LogP contribution in [0.15, 0.2) is 24.3 Å². The molecule has 0 radical (unpaired) electrons. The van der Waals surface area contributed by atoms with Gasteiger partial charge in [0.25, 0.3) is 0 Å². The van der Waals surface area contributed by atoms with Gasteiger partial charge < -0.3 is 0 Å². The first kappa shape index (κ1) is 12.3. The fourth-order valence-corrected chi connectivity index (χ4v) is 2.66. The minimum Gasteiger partial charge on any atom is -0.143 e. The smallest absolute Gasteiger partial charge is 0.143 e. The van der Waals surface area contributed by atoms with E-state index in [1.54, 1.807) is 11.3 Å². The Kier molecular flexibility index (Phi) is 4.55. The Balaban J connectivity index is 2.15. The minimum atomic E-state index is 0.679. The Morgan fingerprint density at radius 1 is 1.19 bits per heavy atom. The quantitative estimate of drug-likeness (QED) is 0.606. The molecule has 0 spiro atoms. The van der Waals surface area contributed by atoms with Gasteiger partial charge in [0.15, 0.2) is 0 Å². The molecule has 0 aliphatic heterocycles. The highest BCUT2D eigenvalue weighted by molar-refractivity contribution is 14.1. The molecule has 0 unspecified atom stereocenters. The van der Waals surface area contributed by atoms with Crippen molar-refractivity contribution in [3.63, 3.8) is 0 Å². The Hall–Kier alpha value is -0.200. The first-order valence-electron chi connectivity index (χ1n) is 4.94. The minimum absolute atomic E-state index is 0.679. The zero-order valence-electron chi connectivity index (χ0n) is 8.49. The third-order valence-electron chi connectivity index (χ3n) is 2.08. The van der Waals surface area contributed by atoms with E-state index < -0.39 is 0 Å². The van der Waals surface area contributed by atoms with Crippen LogP contribution in [0.4, 0.5) is 0 Å². The lowest BCUT2D eigenvalue weighted by atomic mass is 10.2. The number of rotatable bonds is 4. The fraction of sp³-hybridized carbons (Fsp3) is 0.273. The molecule has 1 aromatic heterocycles. The van der Waals surface area contributed by atoms with E-state index in [-0.39, 0.29) is 0 Å². The third kappa shape index (κ3) is 3.15. The van der Waals surface area contributed by atoms with E-state index >= 15 is 0 Å². The second-order valence-corrected chi connectivity index (χ2v) is 5.99. The summed E-state index contributed by atoms with van der Waals surface area (Å²) in [4.78, 5) is 0. The average Bonchev–Trinajstić information content (AvgIpc) is 2.76. The van der Waals surface area contributed by atoms with Crippen LogP contribution in [0.5, 0.6) is 0 Å². The molecule has 0 aliphatic rings. The van der Waals surface area contributed by atoms with Gasteiger partial charge >= 0.3 is 0 Å². The molecule has 1 heterocycles. The van der Waals surface area contributed by atoms with Crippen molar-refractivity contribution in [3.8, 4) is 10.6 Å². The lowest BCUT2D eigenvalue weighted by Gasteiger charge is -1.94. The molecule has 0 atom stereocenters. The van der Waals surface area contributed by atoms with Crippen molar-refractivity contribution in [1.29, 1.82) is 0 Å². The van der Waals surface area contributed by atoms with Crippen LogP contribution in [0.2, 0.25) is 0 Å². The van der Waals surface area contributed by atoms with Gasteiger partial charge in [0.1, 0.15) is 10.0 Å². The summed E-state index contributed by atoms with van der Waals surface area (Å²) in [5, 5.41) is 10.4. The van der Waals surface area contributed by atoms with Gasteiger partial charge in [0.2, 0.25) is 0 Å². The Morgan fingerprint density at radius 3 is 2.62 bits per heavy atom. The van der Waals surface area contributed by atoms with E-state index in [1.807, 2.05) is 0 Å². The standard InChI is InChI=1S/C11H10ClIN2S/c12-7-1-2-10-14-15-11(16-10)8-3-5-9(13)6-4-8/h3-6H,1-2,7H2. The molecule has 2 nitrogen and oxygen atoms in total. The van der Waals surface area contributed by atoms with Crippen LogP contribution < -0.4 is 0 Å². The number of benzene rings is 1. The SMILES string of the molecule is ClCCCc1nnc(-c2ccc(I)cc2)s1. The van der Waals surface area contributed by atoms with E-state index in [2.05, 4.69) is 57.1 Å². The first-order valence-corrected chi connectivity index (χ1v) is 7.37. The molecule has 84 valence electrons. The van der Waals surface area contributed by atoms with Crippen LogP contribution in [0, 0.1) is 3.57 Å². The summed E-state index contributed by atoms with van der Waals surface area (Å²) >= 11 is 9.59. The number of aromatic nitrogens is 2. The normalized spacial score (nSPS) is 10.6. The molecule has 2 rings (SSSR count). The van der Waals surface area contributed by atoms with Crippen LogP contribution in [-0.4, -0.2) is 16.1 Å². The Bertz CT molecular complexity index is 455. The number of hydrogen-bond donors (Lipinski definition) is 0. The van der Waals surface area contributed by atoms with Crippen molar-refractivity contribution in [1.82, 2.24) is 10.2 Å². The molecule has 16 heavy (non-hydrogen) atoms. The van der Waals surface area contributed by atoms with Gasteiger partial charge in [-0.3, -0.25) is 0 Å². The molecule has 0 amide bonds. The predicted molar refractivity (Wildman–Crippen MR) is 77.1 cm³/mol. The summed E-state index contributed by atoms with van der Waals surface area (Å²) in [6, 6.07) is 8.31. The Labute approximate surface area is 117 Å². The summed E-state index contributed by atoms with van der Waals surface area (Å²) in [6.45, 7) is 0. The highest BCUT2D eigenvalue weighted by Gasteiger charge is 2.05. The molecule has 5 heteroatoms. The highest BCUT2D eigenvalue weighted by atomic mass is 127. The van der Waals surface area contributed by atoms with Crippen molar-refractivity contribution >= 4 is 45.5 Å². The number of nitrogens with zero attached hydrogens (tertiary/aromatic N) is 2. The number of aryl methyl sites for hydroxylation is 1. The van der Waals surface area contributed by atoms with Crippen LogP contribution in [0.3, 0.4) is 0 Å². The predicted octanol–water partition coefficient (Wildman–Crippen LogP) is 3.98. The molecule has 0 saturated heterocycles. The zero-order chi connectivity index (χ0) is 11.4. The summed E-state index contributed by atoms with van der Waals surface area (Å²) in [5.74, 6) is 0.679. The Morgan fingerprint density at radius 2 is 1.94 bits per heavy atom. The number of hydrogen-bond acceptors (Lipinski definition) is 3. The van der Waals surface area contributed by atoms with Crippen LogP contribution in [0.25, 0.3) is 10.6 Å². The van der Waals surface area contributed by atoms with Gasteiger partial charge in [-0.05, 0) is 41.1 Å². The second kappa shape index (κ2) is 5.93. The van der Waals surface area contributed by atoms with Gasteiger partial charge in [0, 0.05) is 21.4 Å². The summed E-state index contributed by atoms with van der Waals surface area (Å²) in [6.07, 6.45) is 1.88. The molecule has 0 fully saturated rings. The number of alkyl halides is 1. The van der Waals surface area contributed by atoms with Gasteiger partial charge in [-0.2, -0.15) is 0 Å². The molecular formula is C11H10ClIN2S. The van der Waals surface area contributed by atoms with E-state index in [9.17, 15) is 0 Å². The lowest BCUT2D eigenvalue weighted by Crippen LogP contribution is -1.84. The van der Waals surface area contributed by atoms with E-state index in [4.69, 9.17) is 11.6 Å². The van der Waals surface area contributed by atoms with E-state index in [1.165, 1.54) is 3.57 Å². The van der Waals surface area contributed by atoms with Crippen LogP contribution >= 0.6 is 45.5 Å². The molecule has 0 N–H and O–H groups in total. The highest BCUT2D eigenvalue weighted by Crippen LogP contribution is 2.24. The molecular weight excluding hydrogens is 355 g/mol. The summed E-state index contributed by atoms with van der Waals surface area (Å²) in [5.41, 5.74) is 1.13. The molecule has 0 bridgehead atoms. The maximum atomic E-state index is 5.65. The van der Waals surface area contributed by atoms with Crippen molar-refractivity contribution < 1.29 is 0 Å². The molecule has 0 aliphatic carbocycles. The van der Waals surface area contributed by atoms with Crippen molar-refractivity contribution in [3.05, 3.63) is 32.8 Å². The van der Waals surface area contributed by atoms with E-state index in [0.717, 1.165) is 28.4 Å². The fourth-order valence-electron chi connectivity index (χ4n) is 1.28. The first-order chi connectivity index (χ1) is 7.79. The van der Waals surface area contributed by atoms with E-state index in [0.29, 0.717) is 5.88 Å². The lowest BCUT2D eigenvalue weighted by molar-refractivity contribution is 0.884. The molecule has 0 saturated carbocycles. The zero-order valence-corrected chi connectivity index (χ0v) is 12.2. The molecule has 1 aromatic carbocycles. The van der Waals surface area contributed by atoms with Gasteiger partial charge in [-0.1, -0.05) is 23.5 Å². The monoisotopic (exact) mass is 364 g/mol. The largest absolute Gasteiger partial charge is 0.147 e. The summed E-state index contributed by atoms with van der Waals surface area (Å²) in [7, 11) is 0. The maximum Gasteiger partial charge on any atom is 0.147 e. The van der Waals surface area contributed by atoms with Crippen LogP contribution in [-0.2, 0) is 6.42 Å². The van der Waals surface area contributed by atoms with Gasteiger partial charge in [-0.25, -0.2) is 0 Å². The van der Waals surface area contributed by atoms with Gasteiger partial charge in [0.05, 0.1) is 0 Å². The maximum absolute atomic E-state index is 5.65. The molecule has 2 aromatic rings. The second-order valence-electron chi connectivity index (χ2n) is 3.30. The topological polar surface area (TPSA) is 25.8 Å². The van der Waals surface area contributed by atoms with Gasteiger partial charge in [-0.15, -0.1) is 21.8 Å². The average molecular weight is 365 g/mol. The third-order valence-corrected chi connectivity index (χ3v) is 4.10. The summed E-state index contributed by atoms with van der Waals surface area (Å²) < 4.78 is 1.23.